The van der Waals surface area contributed by atoms with Gasteiger partial charge in [-0.15, -0.1) is 0 Å². The van der Waals surface area contributed by atoms with Crippen molar-refractivity contribution in [1.82, 2.24) is 0 Å². The van der Waals surface area contributed by atoms with Crippen molar-refractivity contribution in [3.63, 3.8) is 0 Å². The zero-order valence-electron chi connectivity index (χ0n) is 11.7. The van der Waals surface area contributed by atoms with Gasteiger partial charge < -0.3 is 14.6 Å². The molecule has 2 aromatic rings. The number of benzene rings is 2. The average Bonchev–Trinajstić information content (AvgIpc) is 2.41. The first-order valence-electron chi connectivity index (χ1n) is 6.32. The van der Waals surface area contributed by atoms with Crippen LogP contribution in [0.25, 0.3) is 0 Å². The molecule has 0 heterocycles. The first-order valence-corrected chi connectivity index (χ1v) is 6.69. The Kier molecular flexibility index (Phi) is 4.53. The summed E-state index contributed by atoms with van der Waals surface area (Å²) < 4.78 is 11.1. The van der Waals surface area contributed by atoms with Gasteiger partial charge in [0, 0.05) is 0 Å². The van der Waals surface area contributed by atoms with Gasteiger partial charge in [0.05, 0.1) is 23.8 Å². The van der Waals surface area contributed by atoms with E-state index in [2.05, 4.69) is 0 Å². The number of hydrogen-bond acceptors (Lipinski definition) is 3. The maximum atomic E-state index is 9.91. The minimum absolute atomic E-state index is 0.532. The van der Waals surface area contributed by atoms with Gasteiger partial charge in [0.1, 0.15) is 17.2 Å². The molecule has 0 radical (unpaired) electrons. The van der Waals surface area contributed by atoms with E-state index in [0.717, 1.165) is 5.56 Å². The van der Waals surface area contributed by atoms with Crippen LogP contribution >= 0.6 is 11.6 Å². The van der Waals surface area contributed by atoms with Crippen LogP contribution in [-0.4, -0.2) is 12.2 Å². The molecular formula is C16H17ClO3. The number of aryl methyl sites for hydroxylation is 1. The van der Waals surface area contributed by atoms with Crippen molar-refractivity contribution in [2.24, 2.45) is 0 Å². The van der Waals surface area contributed by atoms with E-state index >= 15 is 0 Å². The molecule has 4 heteroatoms. The highest BCUT2D eigenvalue weighted by atomic mass is 35.5. The number of hydrogen-bond donors (Lipinski definition) is 1. The molecule has 106 valence electrons. The molecule has 20 heavy (non-hydrogen) atoms. The Bertz CT molecular complexity index is 609. The van der Waals surface area contributed by atoms with E-state index in [1.54, 1.807) is 26.2 Å². The molecule has 1 N–H and O–H groups in total. The summed E-state index contributed by atoms with van der Waals surface area (Å²) in [6.07, 6.45) is -0.703. The van der Waals surface area contributed by atoms with Crippen molar-refractivity contribution < 1.29 is 14.6 Å². The van der Waals surface area contributed by atoms with Crippen molar-refractivity contribution in [1.29, 1.82) is 0 Å². The van der Waals surface area contributed by atoms with Crippen LogP contribution in [0.1, 0.15) is 24.2 Å². The molecule has 0 bridgehead atoms. The van der Waals surface area contributed by atoms with Crippen LogP contribution in [0.4, 0.5) is 0 Å². The number of halogens is 1. The maximum absolute atomic E-state index is 9.91. The van der Waals surface area contributed by atoms with Crippen LogP contribution in [0.15, 0.2) is 36.4 Å². The van der Waals surface area contributed by atoms with Crippen LogP contribution in [0.2, 0.25) is 5.02 Å². The molecule has 0 saturated carbocycles. The third-order valence-corrected chi connectivity index (χ3v) is 3.27. The maximum Gasteiger partial charge on any atom is 0.146 e. The SMILES string of the molecule is COc1cccc(Oc2ccc(C)cc2Cl)c1[C@H](C)O. The molecule has 0 fully saturated rings. The van der Waals surface area contributed by atoms with Gasteiger partial charge in [0.2, 0.25) is 0 Å². The van der Waals surface area contributed by atoms with Crippen molar-refractivity contribution >= 4 is 11.6 Å². The Labute approximate surface area is 123 Å². The normalized spacial score (nSPS) is 12.1. The van der Waals surface area contributed by atoms with Gasteiger partial charge in [-0.3, -0.25) is 0 Å². The van der Waals surface area contributed by atoms with Crippen LogP contribution in [0, 0.1) is 6.92 Å². The summed E-state index contributed by atoms with van der Waals surface area (Å²) in [4.78, 5) is 0. The molecular weight excluding hydrogens is 276 g/mol. The molecule has 0 amide bonds. The van der Waals surface area contributed by atoms with E-state index in [-0.39, 0.29) is 0 Å². The lowest BCUT2D eigenvalue weighted by molar-refractivity contribution is 0.190. The van der Waals surface area contributed by atoms with Gasteiger partial charge in [0.25, 0.3) is 0 Å². The lowest BCUT2D eigenvalue weighted by atomic mass is 10.1. The highest BCUT2D eigenvalue weighted by Gasteiger charge is 2.16. The van der Waals surface area contributed by atoms with Crippen molar-refractivity contribution in [2.75, 3.05) is 7.11 Å². The fourth-order valence-electron chi connectivity index (χ4n) is 2.01. The van der Waals surface area contributed by atoms with Crippen LogP contribution in [0.3, 0.4) is 0 Å². The van der Waals surface area contributed by atoms with Crippen LogP contribution < -0.4 is 9.47 Å². The summed E-state index contributed by atoms with van der Waals surface area (Å²) in [6, 6.07) is 10.9. The number of aliphatic hydroxyl groups is 1. The van der Waals surface area contributed by atoms with E-state index in [4.69, 9.17) is 21.1 Å². The molecule has 2 rings (SSSR count). The third kappa shape index (κ3) is 3.06. The van der Waals surface area contributed by atoms with Gasteiger partial charge in [-0.25, -0.2) is 0 Å². The van der Waals surface area contributed by atoms with E-state index < -0.39 is 6.10 Å². The lowest BCUT2D eigenvalue weighted by Crippen LogP contribution is -2.00. The van der Waals surface area contributed by atoms with Crippen molar-refractivity contribution in [3.05, 3.63) is 52.5 Å². The summed E-state index contributed by atoms with van der Waals surface area (Å²) in [5, 5.41) is 10.4. The van der Waals surface area contributed by atoms with Gasteiger partial charge in [-0.1, -0.05) is 23.7 Å². The smallest absolute Gasteiger partial charge is 0.146 e. The molecule has 0 aliphatic heterocycles. The summed E-state index contributed by atoms with van der Waals surface area (Å²) in [6.45, 7) is 3.63. The topological polar surface area (TPSA) is 38.7 Å². The standard InChI is InChI=1S/C16H17ClO3/c1-10-7-8-13(12(17)9-10)20-15-6-4-5-14(19-3)16(15)11(2)18/h4-9,11,18H,1-3H3/t11-/m0/s1. The van der Waals surface area contributed by atoms with E-state index in [0.29, 0.717) is 27.8 Å². The Morgan fingerprint density at radius 2 is 1.80 bits per heavy atom. The number of methoxy groups -OCH3 is 1. The molecule has 2 aromatic carbocycles. The number of rotatable bonds is 4. The van der Waals surface area contributed by atoms with E-state index in [1.807, 2.05) is 31.2 Å². The van der Waals surface area contributed by atoms with Crippen LogP contribution in [0.5, 0.6) is 17.2 Å². The summed E-state index contributed by atoms with van der Waals surface area (Å²) in [7, 11) is 1.56. The van der Waals surface area contributed by atoms with E-state index in [9.17, 15) is 5.11 Å². The highest BCUT2D eigenvalue weighted by molar-refractivity contribution is 6.32. The molecule has 0 spiro atoms. The Hall–Kier alpha value is -1.71. The quantitative estimate of drug-likeness (QED) is 0.901. The Balaban J connectivity index is 2.43. The predicted octanol–water partition coefficient (Wildman–Crippen LogP) is 4.50. The second-order valence-electron chi connectivity index (χ2n) is 4.58. The largest absolute Gasteiger partial charge is 0.496 e. The molecule has 0 aromatic heterocycles. The number of aliphatic hydroxyl groups excluding tert-OH is 1. The summed E-state index contributed by atoms with van der Waals surface area (Å²) >= 11 is 6.17. The van der Waals surface area contributed by atoms with Gasteiger partial charge in [-0.05, 0) is 43.7 Å². The molecule has 0 saturated heterocycles. The fraction of sp³-hybridized carbons (Fsp3) is 0.250. The second-order valence-corrected chi connectivity index (χ2v) is 4.99. The Morgan fingerprint density at radius 1 is 1.10 bits per heavy atom. The summed E-state index contributed by atoms with van der Waals surface area (Å²) in [5.41, 5.74) is 1.66. The molecule has 1 atom stereocenters. The zero-order valence-corrected chi connectivity index (χ0v) is 12.4. The zero-order chi connectivity index (χ0) is 14.7. The number of ether oxygens (including phenoxy) is 2. The molecule has 0 aliphatic rings. The third-order valence-electron chi connectivity index (χ3n) is 2.97. The molecule has 3 nitrogen and oxygen atoms in total. The minimum atomic E-state index is -0.703. The minimum Gasteiger partial charge on any atom is -0.496 e. The summed E-state index contributed by atoms with van der Waals surface area (Å²) in [5.74, 6) is 1.67. The highest BCUT2D eigenvalue weighted by Crippen LogP contribution is 2.38. The van der Waals surface area contributed by atoms with Crippen molar-refractivity contribution in [2.45, 2.75) is 20.0 Å². The van der Waals surface area contributed by atoms with Gasteiger partial charge in [0.15, 0.2) is 0 Å². The molecule has 0 unspecified atom stereocenters. The fourth-order valence-corrected chi connectivity index (χ4v) is 2.28. The monoisotopic (exact) mass is 292 g/mol. The van der Waals surface area contributed by atoms with Gasteiger partial charge in [-0.2, -0.15) is 0 Å². The Morgan fingerprint density at radius 3 is 2.40 bits per heavy atom. The molecule has 0 aliphatic carbocycles. The first-order chi connectivity index (χ1) is 9.52. The van der Waals surface area contributed by atoms with Gasteiger partial charge >= 0.3 is 0 Å². The van der Waals surface area contributed by atoms with Crippen LogP contribution in [-0.2, 0) is 0 Å². The first kappa shape index (κ1) is 14.7. The predicted molar refractivity (Wildman–Crippen MR) is 79.9 cm³/mol. The average molecular weight is 293 g/mol. The second kappa shape index (κ2) is 6.16. The lowest BCUT2D eigenvalue weighted by Gasteiger charge is -2.17. The van der Waals surface area contributed by atoms with E-state index in [1.165, 1.54) is 0 Å². The van der Waals surface area contributed by atoms with Crippen molar-refractivity contribution in [3.8, 4) is 17.2 Å².